The van der Waals surface area contributed by atoms with Crippen molar-refractivity contribution in [2.75, 3.05) is 36.4 Å². The molecule has 0 saturated carbocycles. The third-order valence-electron chi connectivity index (χ3n) is 5.07. The zero-order valence-corrected chi connectivity index (χ0v) is 15.7. The highest BCUT2D eigenvalue weighted by atomic mass is 35.5. The second kappa shape index (κ2) is 7.98. The van der Waals surface area contributed by atoms with Crippen LogP contribution in [-0.4, -0.2) is 47.9 Å². The lowest BCUT2D eigenvalue weighted by Gasteiger charge is -2.36. The number of hydrogen-bond acceptors (Lipinski definition) is 4. The van der Waals surface area contributed by atoms with Crippen LogP contribution in [0.1, 0.15) is 12.8 Å². The second-order valence-corrected chi connectivity index (χ2v) is 6.62. The lowest BCUT2D eigenvalue weighted by atomic mass is 9.87. The van der Waals surface area contributed by atoms with E-state index in [-0.39, 0.29) is 24.3 Å². The van der Waals surface area contributed by atoms with Gasteiger partial charge in [0.2, 0.25) is 0 Å². The molecular formula is C18H23ClN6O2. The van der Waals surface area contributed by atoms with Crippen molar-refractivity contribution in [2.24, 2.45) is 0 Å². The zero-order valence-electron chi connectivity index (χ0n) is 14.9. The maximum atomic E-state index is 13.2. The lowest BCUT2D eigenvalue weighted by molar-refractivity contribution is -0.126. The second-order valence-electron chi connectivity index (χ2n) is 6.62. The van der Waals surface area contributed by atoms with Crippen LogP contribution in [0.3, 0.4) is 0 Å². The smallest absolute Gasteiger partial charge is 0.321 e. The number of urea groups is 1. The Morgan fingerprint density at radius 1 is 1.19 bits per heavy atom. The van der Waals surface area contributed by atoms with Crippen LogP contribution in [0.2, 0.25) is 0 Å². The Hall–Kier alpha value is -2.58. The molecule has 2 aromatic rings. The fraction of sp³-hybridized carbons (Fsp3) is 0.389. The molecule has 2 saturated heterocycles. The van der Waals surface area contributed by atoms with Crippen molar-refractivity contribution in [1.82, 2.24) is 20.4 Å². The minimum absolute atomic E-state index is 0. The first-order valence-corrected chi connectivity index (χ1v) is 8.87. The summed E-state index contributed by atoms with van der Waals surface area (Å²) < 4.78 is 1.76. The first kappa shape index (κ1) is 19.2. The standard InChI is InChI=1S/C18H22N6O2.ClH/c25-16(18(5-8-19-9-6-18)24-11-2-7-21-24)22-14-3-1-4-15(13-14)23-12-10-20-17(23)26;/h1-4,7,11,13,19H,5-6,8-10,12H2,(H,20,26)(H,22,25);1H. The molecule has 0 bridgehead atoms. The summed E-state index contributed by atoms with van der Waals surface area (Å²) in [6, 6.07) is 9.12. The molecule has 2 aliphatic heterocycles. The highest BCUT2D eigenvalue weighted by Gasteiger charge is 2.42. The molecule has 27 heavy (non-hydrogen) atoms. The van der Waals surface area contributed by atoms with Crippen LogP contribution in [0, 0.1) is 0 Å². The van der Waals surface area contributed by atoms with Gasteiger partial charge in [-0.3, -0.25) is 14.4 Å². The van der Waals surface area contributed by atoms with Crippen molar-refractivity contribution in [3.8, 4) is 0 Å². The van der Waals surface area contributed by atoms with Crippen molar-refractivity contribution in [3.63, 3.8) is 0 Å². The Kier molecular flexibility index (Phi) is 5.67. The molecule has 3 N–H and O–H groups in total. The summed E-state index contributed by atoms with van der Waals surface area (Å²) in [4.78, 5) is 26.7. The SMILES string of the molecule is Cl.O=C1NCCN1c1cccc(NC(=O)C2(n3cccn3)CCNCC2)c1. The van der Waals surface area contributed by atoms with Crippen molar-refractivity contribution in [3.05, 3.63) is 42.7 Å². The molecule has 8 nitrogen and oxygen atoms in total. The Labute approximate surface area is 163 Å². The number of nitrogens with zero attached hydrogens (tertiary/aromatic N) is 3. The Morgan fingerprint density at radius 2 is 2.00 bits per heavy atom. The Morgan fingerprint density at radius 3 is 2.67 bits per heavy atom. The van der Waals surface area contributed by atoms with Crippen LogP contribution in [0.4, 0.5) is 16.2 Å². The maximum absolute atomic E-state index is 13.2. The van der Waals surface area contributed by atoms with E-state index in [1.165, 1.54) is 0 Å². The van der Waals surface area contributed by atoms with Crippen molar-refractivity contribution in [2.45, 2.75) is 18.4 Å². The summed E-state index contributed by atoms with van der Waals surface area (Å²) in [5.74, 6) is -0.0780. The number of benzene rings is 1. The number of nitrogens with one attached hydrogen (secondary N) is 3. The van der Waals surface area contributed by atoms with E-state index in [0.29, 0.717) is 31.6 Å². The van der Waals surface area contributed by atoms with Crippen LogP contribution in [0.25, 0.3) is 0 Å². The molecule has 0 unspecified atom stereocenters. The molecule has 1 aromatic carbocycles. The number of aromatic nitrogens is 2. The molecule has 2 aliphatic rings. The number of carbonyl (C=O) groups excluding carboxylic acids is 2. The van der Waals surface area contributed by atoms with Gasteiger partial charge >= 0.3 is 6.03 Å². The van der Waals surface area contributed by atoms with Crippen LogP contribution >= 0.6 is 12.4 Å². The van der Waals surface area contributed by atoms with Crippen molar-refractivity contribution < 1.29 is 9.59 Å². The number of piperidine rings is 1. The molecule has 3 heterocycles. The van der Waals surface area contributed by atoms with Crippen LogP contribution < -0.4 is 20.9 Å². The number of rotatable bonds is 4. The summed E-state index contributed by atoms with van der Waals surface area (Å²) in [6.07, 6.45) is 4.89. The summed E-state index contributed by atoms with van der Waals surface area (Å²) in [5.41, 5.74) is 0.754. The summed E-state index contributed by atoms with van der Waals surface area (Å²) in [7, 11) is 0. The van der Waals surface area contributed by atoms with Crippen LogP contribution in [-0.2, 0) is 10.3 Å². The minimum atomic E-state index is -0.699. The van der Waals surface area contributed by atoms with Gasteiger partial charge in [-0.25, -0.2) is 4.79 Å². The van der Waals surface area contributed by atoms with Crippen molar-refractivity contribution >= 4 is 35.7 Å². The number of amides is 3. The minimum Gasteiger partial charge on any atom is -0.336 e. The summed E-state index contributed by atoms with van der Waals surface area (Å²) in [6.45, 7) is 2.78. The number of hydrogen-bond donors (Lipinski definition) is 3. The van der Waals surface area contributed by atoms with Gasteiger partial charge < -0.3 is 16.0 Å². The van der Waals surface area contributed by atoms with Gasteiger partial charge in [-0.1, -0.05) is 6.07 Å². The van der Waals surface area contributed by atoms with Gasteiger partial charge in [-0.05, 0) is 50.2 Å². The molecule has 144 valence electrons. The highest BCUT2D eigenvalue weighted by Crippen LogP contribution is 2.29. The van der Waals surface area contributed by atoms with Gasteiger partial charge in [0.05, 0.1) is 0 Å². The lowest BCUT2D eigenvalue weighted by Crippen LogP contribution is -2.52. The van der Waals surface area contributed by atoms with Crippen LogP contribution in [0.15, 0.2) is 42.7 Å². The van der Waals surface area contributed by atoms with E-state index >= 15 is 0 Å². The molecule has 3 amide bonds. The van der Waals surface area contributed by atoms with Crippen LogP contribution in [0.5, 0.6) is 0 Å². The largest absolute Gasteiger partial charge is 0.336 e. The fourth-order valence-corrected chi connectivity index (χ4v) is 3.64. The predicted molar refractivity (Wildman–Crippen MR) is 105 cm³/mol. The zero-order chi connectivity index (χ0) is 18.0. The van der Waals surface area contributed by atoms with E-state index in [2.05, 4.69) is 21.0 Å². The van der Waals surface area contributed by atoms with E-state index in [1.807, 2.05) is 36.5 Å². The predicted octanol–water partition coefficient (Wildman–Crippen LogP) is 1.55. The summed E-state index contributed by atoms with van der Waals surface area (Å²) in [5, 5.41) is 13.5. The van der Waals surface area contributed by atoms with Gasteiger partial charge in [-0.2, -0.15) is 5.10 Å². The number of carbonyl (C=O) groups is 2. The molecule has 0 radical (unpaired) electrons. The molecule has 2 fully saturated rings. The van der Waals surface area contributed by atoms with Gasteiger partial charge in [-0.15, -0.1) is 12.4 Å². The molecule has 4 rings (SSSR count). The third kappa shape index (κ3) is 3.63. The van der Waals surface area contributed by atoms with E-state index in [0.717, 1.165) is 18.8 Å². The first-order chi connectivity index (χ1) is 12.7. The molecule has 0 aliphatic carbocycles. The third-order valence-corrected chi connectivity index (χ3v) is 5.07. The molecule has 0 spiro atoms. The Bertz CT molecular complexity index is 804. The fourth-order valence-electron chi connectivity index (χ4n) is 3.64. The molecule has 1 aromatic heterocycles. The van der Waals surface area contributed by atoms with E-state index in [4.69, 9.17) is 0 Å². The van der Waals surface area contributed by atoms with Gasteiger partial charge in [0.1, 0.15) is 5.54 Å². The molecule has 0 atom stereocenters. The maximum Gasteiger partial charge on any atom is 0.321 e. The number of anilines is 2. The van der Waals surface area contributed by atoms with Crippen molar-refractivity contribution in [1.29, 1.82) is 0 Å². The highest BCUT2D eigenvalue weighted by molar-refractivity contribution is 5.98. The first-order valence-electron chi connectivity index (χ1n) is 8.87. The number of halogens is 1. The van der Waals surface area contributed by atoms with E-state index in [9.17, 15) is 9.59 Å². The quantitative estimate of drug-likeness (QED) is 0.738. The average Bonchev–Trinajstić information content (AvgIpc) is 3.34. The average molecular weight is 391 g/mol. The molecular weight excluding hydrogens is 368 g/mol. The normalized spacial score (nSPS) is 18.5. The topological polar surface area (TPSA) is 91.3 Å². The van der Waals surface area contributed by atoms with Gasteiger partial charge in [0.25, 0.3) is 5.91 Å². The molecule has 9 heteroatoms. The summed E-state index contributed by atoms with van der Waals surface area (Å²) >= 11 is 0. The van der Waals surface area contributed by atoms with Gasteiger partial charge in [0.15, 0.2) is 0 Å². The van der Waals surface area contributed by atoms with Gasteiger partial charge in [0, 0.05) is 36.9 Å². The Balaban J connectivity index is 0.00000210. The monoisotopic (exact) mass is 390 g/mol. The van der Waals surface area contributed by atoms with E-state index in [1.54, 1.807) is 15.8 Å². The van der Waals surface area contributed by atoms with E-state index < -0.39 is 5.54 Å².